The second-order valence-electron chi connectivity index (χ2n) is 5.39. The lowest BCUT2D eigenvalue weighted by Crippen LogP contribution is -2.26. The monoisotopic (exact) mass is 322 g/mol. The van der Waals surface area contributed by atoms with Crippen molar-refractivity contribution in [3.8, 4) is 0 Å². The molecule has 1 aromatic rings. The highest BCUT2D eigenvalue weighted by Gasteiger charge is 2.24. The van der Waals surface area contributed by atoms with Crippen molar-refractivity contribution in [2.45, 2.75) is 32.2 Å². The Labute approximate surface area is 111 Å². The van der Waals surface area contributed by atoms with Gasteiger partial charge in [-0.05, 0) is 11.3 Å². The molecule has 1 heterocycles. The van der Waals surface area contributed by atoms with Gasteiger partial charge in [-0.3, -0.25) is 4.68 Å². The fraction of sp³-hybridized carbons (Fsp3) is 0.727. The molecule has 0 N–H and O–H groups in total. The van der Waals surface area contributed by atoms with Gasteiger partial charge in [-0.2, -0.15) is 5.10 Å². The summed E-state index contributed by atoms with van der Waals surface area (Å²) in [4.78, 5) is 0.278. The van der Waals surface area contributed by atoms with Gasteiger partial charge in [0.2, 0.25) is 0 Å². The molecule has 0 spiro atoms. The first-order valence-electron chi connectivity index (χ1n) is 5.43. The molecule has 0 aliphatic heterocycles. The Morgan fingerprint density at radius 3 is 2.41 bits per heavy atom. The van der Waals surface area contributed by atoms with Crippen LogP contribution < -0.4 is 0 Å². The van der Waals surface area contributed by atoms with Crippen molar-refractivity contribution in [3.63, 3.8) is 0 Å². The van der Waals surface area contributed by atoms with Crippen molar-refractivity contribution >= 4 is 25.8 Å². The molecule has 0 aliphatic carbocycles. The molecule has 0 radical (unpaired) electrons. The number of hydrogen-bond donors (Lipinski definition) is 0. The Hall–Kier alpha value is -0.360. The number of aromatic nitrogens is 2. The summed E-state index contributed by atoms with van der Waals surface area (Å²) in [6.07, 6.45) is 4.19. The van der Waals surface area contributed by atoms with Crippen LogP contribution in [-0.4, -0.2) is 29.8 Å². The number of alkyl halides is 1. The number of hydrogen-bond acceptors (Lipinski definition) is 3. The molecule has 17 heavy (non-hydrogen) atoms. The minimum absolute atomic E-state index is 0.153. The van der Waals surface area contributed by atoms with Gasteiger partial charge in [0.05, 0.1) is 6.20 Å². The van der Waals surface area contributed by atoms with E-state index in [1.807, 2.05) is 0 Å². The summed E-state index contributed by atoms with van der Waals surface area (Å²) in [7, 11) is -3.16. The van der Waals surface area contributed by atoms with Crippen LogP contribution in [0, 0.1) is 11.3 Å². The SMILES string of the molecule is CC(C)(C)C(CBr)Cn1cc(S(C)(=O)=O)cn1. The maximum absolute atomic E-state index is 11.3. The molecular formula is C11H19BrN2O2S. The van der Waals surface area contributed by atoms with Crippen molar-refractivity contribution in [2.75, 3.05) is 11.6 Å². The molecule has 0 amide bonds. The van der Waals surface area contributed by atoms with Gasteiger partial charge in [-0.1, -0.05) is 36.7 Å². The van der Waals surface area contributed by atoms with Crippen molar-refractivity contribution in [1.82, 2.24) is 9.78 Å². The molecule has 0 saturated carbocycles. The van der Waals surface area contributed by atoms with E-state index in [2.05, 4.69) is 41.8 Å². The summed E-state index contributed by atoms with van der Waals surface area (Å²) in [5, 5.41) is 4.97. The van der Waals surface area contributed by atoms with Crippen molar-refractivity contribution in [2.24, 2.45) is 11.3 Å². The van der Waals surface area contributed by atoms with Crippen LogP contribution >= 0.6 is 15.9 Å². The largest absolute Gasteiger partial charge is 0.271 e. The van der Waals surface area contributed by atoms with E-state index in [9.17, 15) is 8.42 Å². The van der Waals surface area contributed by atoms with Crippen LogP contribution in [0.4, 0.5) is 0 Å². The Kier molecular flexibility index (Phi) is 4.41. The lowest BCUT2D eigenvalue weighted by Gasteiger charge is -2.28. The molecule has 0 bridgehead atoms. The summed E-state index contributed by atoms with van der Waals surface area (Å²) in [6, 6.07) is 0. The zero-order valence-corrected chi connectivity index (χ0v) is 13.0. The highest BCUT2D eigenvalue weighted by Crippen LogP contribution is 2.28. The fourth-order valence-corrected chi connectivity index (χ4v) is 3.14. The van der Waals surface area contributed by atoms with E-state index in [0.717, 1.165) is 5.33 Å². The highest BCUT2D eigenvalue weighted by atomic mass is 79.9. The molecule has 0 aliphatic rings. The van der Waals surface area contributed by atoms with E-state index in [4.69, 9.17) is 0 Å². The topological polar surface area (TPSA) is 52.0 Å². The average Bonchev–Trinajstić information content (AvgIpc) is 2.59. The van der Waals surface area contributed by atoms with Crippen LogP contribution in [0.15, 0.2) is 17.3 Å². The number of sulfone groups is 1. The van der Waals surface area contributed by atoms with E-state index < -0.39 is 9.84 Å². The Bertz CT molecular complexity index is 474. The Balaban J connectivity index is 2.86. The van der Waals surface area contributed by atoms with Gasteiger partial charge < -0.3 is 0 Å². The minimum Gasteiger partial charge on any atom is -0.271 e. The van der Waals surface area contributed by atoms with Crippen LogP contribution in [0.25, 0.3) is 0 Å². The van der Waals surface area contributed by atoms with E-state index in [-0.39, 0.29) is 10.3 Å². The zero-order valence-electron chi connectivity index (χ0n) is 10.6. The summed E-state index contributed by atoms with van der Waals surface area (Å²) >= 11 is 3.50. The summed E-state index contributed by atoms with van der Waals surface area (Å²) < 4.78 is 24.4. The molecule has 0 saturated heterocycles. The number of nitrogens with zero attached hydrogens (tertiary/aromatic N) is 2. The molecule has 98 valence electrons. The summed E-state index contributed by atoms with van der Waals surface area (Å²) in [5.74, 6) is 0.398. The second-order valence-corrected chi connectivity index (χ2v) is 8.05. The van der Waals surface area contributed by atoms with Gasteiger partial charge >= 0.3 is 0 Å². The first-order chi connectivity index (χ1) is 7.64. The normalized spacial score (nSPS) is 14.9. The number of rotatable bonds is 4. The molecule has 1 aromatic heterocycles. The zero-order chi connectivity index (χ0) is 13.3. The maximum atomic E-state index is 11.3. The minimum atomic E-state index is -3.16. The van der Waals surface area contributed by atoms with Gasteiger partial charge in [0.15, 0.2) is 9.84 Å². The summed E-state index contributed by atoms with van der Waals surface area (Å²) in [5.41, 5.74) is 0.153. The average molecular weight is 323 g/mol. The van der Waals surface area contributed by atoms with Crippen LogP contribution in [0.5, 0.6) is 0 Å². The molecule has 1 rings (SSSR count). The van der Waals surface area contributed by atoms with E-state index in [1.54, 1.807) is 10.9 Å². The van der Waals surface area contributed by atoms with Crippen molar-refractivity contribution < 1.29 is 8.42 Å². The van der Waals surface area contributed by atoms with E-state index >= 15 is 0 Å². The molecule has 1 atom stereocenters. The van der Waals surface area contributed by atoms with Gasteiger partial charge in [0.1, 0.15) is 4.90 Å². The van der Waals surface area contributed by atoms with E-state index in [1.165, 1.54) is 12.5 Å². The Morgan fingerprint density at radius 2 is 2.06 bits per heavy atom. The van der Waals surface area contributed by atoms with Crippen LogP contribution in [-0.2, 0) is 16.4 Å². The molecule has 0 fully saturated rings. The Morgan fingerprint density at radius 1 is 1.47 bits per heavy atom. The molecule has 0 aromatic carbocycles. The third kappa shape index (κ3) is 4.10. The predicted octanol–water partition coefficient (Wildman–Crippen LogP) is 2.34. The van der Waals surface area contributed by atoms with Crippen LogP contribution in [0.1, 0.15) is 20.8 Å². The van der Waals surface area contributed by atoms with Crippen LogP contribution in [0.2, 0.25) is 0 Å². The number of halogens is 1. The quantitative estimate of drug-likeness (QED) is 0.799. The van der Waals surface area contributed by atoms with E-state index in [0.29, 0.717) is 12.5 Å². The molecule has 1 unspecified atom stereocenters. The second kappa shape index (κ2) is 5.10. The lowest BCUT2D eigenvalue weighted by molar-refractivity contribution is 0.232. The fourth-order valence-electron chi connectivity index (χ4n) is 1.42. The maximum Gasteiger partial charge on any atom is 0.178 e. The van der Waals surface area contributed by atoms with Gasteiger partial charge in [-0.25, -0.2) is 8.42 Å². The van der Waals surface area contributed by atoms with Gasteiger partial charge in [-0.15, -0.1) is 0 Å². The van der Waals surface area contributed by atoms with Gasteiger partial charge in [0.25, 0.3) is 0 Å². The summed E-state index contributed by atoms with van der Waals surface area (Å²) in [6.45, 7) is 7.21. The molecule has 4 nitrogen and oxygen atoms in total. The standard InChI is InChI=1S/C11H19BrN2O2S/c1-11(2,3)9(5-12)7-14-8-10(6-13-14)17(4,15)16/h6,8-9H,5,7H2,1-4H3. The predicted molar refractivity (Wildman–Crippen MR) is 72.1 cm³/mol. The molecular weight excluding hydrogens is 304 g/mol. The highest BCUT2D eigenvalue weighted by molar-refractivity contribution is 9.09. The van der Waals surface area contributed by atoms with Crippen molar-refractivity contribution in [1.29, 1.82) is 0 Å². The third-order valence-electron chi connectivity index (χ3n) is 2.86. The van der Waals surface area contributed by atoms with Gasteiger partial charge in [0, 0.05) is 24.3 Å². The molecule has 6 heteroatoms. The smallest absolute Gasteiger partial charge is 0.178 e. The third-order valence-corrected chi connectivity index (χ3v) is 4.70. The lowest BCUT2D eigenvalue weighted by atomic mass is 9.82. The van der Waals surface area contributed by atoms with Crippen molar-refractivity contribution in [3.05, 3.63) is 12.4 Å². The van der Waals surface area contributed by atoms with Crippen LogP contribution in [0.3, 0.4) is 0 Å². The first-order valence-corrected chi connectivity index (χ1v) is 8.44. The first kappa shape index (κ1) is 14.7.